The molecule has 1 saturated heterocycles. The Labute approximate surface area is 166 Å². The minimum atomic E-state index is -0.266. The van der Waals surface area contributed by atoms with Crippen molar-refractivity contribution in [1.82, 2.24) is 25.0 Å². The molecule has 7 nitrogen and oxygen atoms in total. The maximum Gasteiger partial charge on any atom is 0.259 e. The predicted molar refractivity (Wildman–Crippen MR) is 107 cm³/mol. The summed E-state index contributed by atoms with van der Waals surface area (Å²) in [6.07, 6.45) is 5.16. The smallest absolute Gasteiger partial charge is 0.259 e. The number of anilines is 1. The molecule has 3 aromatic heterocycles. The Hall–Kier alpha value is -3.39. The number of hydrogen-bond acceptors (Lipinski definition) is 7. The van der Waals surface area contributed by atoms with Gasteiger partial charge in [-0.25, -0.2) is 4.39 Å². The molecule has 29 heavy (non-hydrogen) atoms. The summed E-state index contributed by atoms with van der Waals surface area (Å²) in [5.41, 5.74) is 2.59. The van der Waals surface area contributed by atoms with Gasteiger partial charge in [0.2, 0.25) is 0 Å². The molecule has 0 bridgehead atoms. The summed E-state index contributed by atoms with van der Waals surface area (Å²) in [5, 5.41) is 5.07. The van der Waals surface area contributed by atoms with Gasteiger partial charge in [0.25, 0.3) is 5.89 Å². The van der Waals surface area contributed by atoms with Gasteiger partial charge in [0.05, 0.1) is 17.6 Å². The van der Waals surface area contributed by atoms with Gasteiger partial charge in [0.15, 0.2) is 5.82 Å². The molecule has 4 heterocycles. The molecule has 1 aromatic carbocycles. The Balaban J connectivity index is 1.25. The number of halogens is 1. The number of hydrogen-bond donors (Lipinski definition) is 0. The lowest BCUT2D eigenvalue weighted by Crippen LogP contribution is -2.46. The minimum absolute atomic E-state index is 0.266. The van der Waals surface area contributed by atoms with Crippen molar-refractivity contribution in [3.63, 3.8) is 0 Å². The Morgan fingerprint density at radius 1 is 1.03 bits per heavy atom. The molecule has 0 saturated carbocycles. The lowest BCUT2D eigenvalue weighted by atomic mass is 10.1. The standard InChI is InChI=1S/C21H19FN6O/c22-16-3-4-17-18(12-16)24-7-5-19(17)28-10-8-27(9-11-28)14-20-25-21(29-26-20)15-2-1-6-23-13-15/h1-7,12-13H,8-11,14H2. The fraction of sp³-hybridized carbons (Fsp3) is 0.238. The molecule has 0 aliphatic carbocycles. The molecule has 8 heteroatoms. The van der Waals surface area contributed by atoms with Crippen LogP contribution in [-0.2, 0) is 6.54 Å². The molecule has 0 radical (unpaired) electrons. The molecule has 146 valence electrons. The van der Waals surface area contributed by atoms with Crippen molar-refractivity contribution in [2.75, 3.05) is 31.1 Å². The van der Waals surface area contributed by atoms with Gasteiger partial charge < -0.3 is 9.42 Å². The molecule has 1 aliphatic rings. The number of nitrogens with zero attached hydrogens (tertiary/aromatic N) is 6. The van der Waals surface area contributed by atoms with Gasteiger partial charge in [-0.3, -0.25) is 14.9 Å². The van der Waals surface area contributed by atoms with Gasteiger partial charge in [-0.1, -0.05) is 5.16 Å². The zero-order valence-corrected chi connectivity index (χ0v) is 15.7. The third-order valence-electron chi connectivity index (χ3n) is 5.14. The summed E-state index contributed by atoms with van der Waals surface area (Å²) < 4.78 is 18.9. The summed E-state index contributed by atoms with van der Waals surface area (Å²) in [6, 6.07) is 10.5. The molecule has 1 aliphatic heterocycles. The van der Waals surface area contributed by atoms with Gasteiger partial charge in [-0.05, 0) is 30.3 Å². The average molecular weight is 390 g/mol. The number of rotatable bonds is 4. The number of aromatic nitrogens is 4. The summed E-state index contributed by atoms with van der Waals surface area (Å²) in [6.45, 7) is 4.12. The molecular weight excluding hydrogens is 371 g/mol. The van der Waals surface area contributed by atoms with Crippen LogP contribution in [0.3, 0.4) is 0 Å². The zero-order chi connectivity index (χ0) is 19.6. The fourth-order valence-corrected chi connectivity index (χ4v) is 3.65. The second-order valence-electron chi connectivity index (χ2n) is 7.01. The average Bonchev–Trinajstić information content (AvgIpc) is 3.23. The molecule has 0 spiro atoms. The molecule has 4 aromatic rings. The second kappa shape index (κ2) is 7.56. The van der Waals surface area contributed by atoms with E-state index in [4.69, 9.17) is 4.52 Å². The van der Waals surface area contributed by atoms with Crippen LogP contribution in [0.2, 0.25) is 0 Å². The van der Waals surface area contributed by atoms with E-state index < -0.39 is 0 Å². The van der Waals surface area contributed by atoms with Crippen molar-refractivity contribution in [2.24, 2.45) is 0 Å². The Kier molecular flexibility index (Phi) is 4.61. The Morgan fingerprint density at radius 3 is 2.76 bits per heavy atom. The number of benzene rings is 1. The number of pyridine rings is 2. The van der Waals surface area contributed by atoms with Crippen LogP contribution in [0.1, 0.15) is 5.82 Å². The van der Waals surface area contributed by atoms with Crippen molar-refractivity contribution in [3.8, 4) is 11.5 Å². The number of piperazine rings is 1. The fourth-order valence-electron chi connectivity index (χ4n) is 3.65. The van der Waals surface area contributed by atoms with E-state index in [0.717, 1.165) is 42.8 Å². The van der Waals surface area contributed by atoms with Gasteiger partial charge in [0.1, 0.15) is 5.82 Å². The second-order valence-corrected chi connectivity index (χ2v) is 7.01. The first-order chi connectivity index (χ1) is 14.3. The predicted octanol–water partition coefficient (Wildman–Crippen LogP) is 3.14. The van der Waals surface area contributed by atoms with Crippen molar-refractivity contribution in [2.45, 2.75) is 6.54 Å². The zero-order valence-electron chi connectivity index (χ0n) is 15.7. The van der Waals surface area contributed by atoms with Crippen molar-refractivity contribution in [3.05, 3.63) is 66.6 Å². The lowest BCUT2D eigenvalue weighted by Gasteiger charge is -2.36. The van der Waals surface area contributed by atoms with E-state index in [2.05, 4.69) is 29.9 Å². The summed E-state index contributed by atoms with van der Waals surface area (Å²) in [4.78, 5) is 17.5. The Morgan fingerprint density at radius 2 is 1.93 bits per heavy atom. The highest BCUT2D eigenvalue weighted by molar-refractivity contribution is 5.91. The van der Waals surface area contributed by atoms with Crippen LogP contribution in [0.5, 0.6) is 0 Å². The summed E-state index contributed by atoms with van der Waals surface area (Å²) >= 11 is 0. The van der Waals surface area contributed by atoms with Crippen LogP contribution in [0.15, 0.2) is 59.5 Å². The normalized spacial score (nSPS) is 15.1. The molecule has 1 fully saturated rings. The van der Waals surface area contributed by atoms with E-state index in [9.17, 15) is 4.39 Å². The van der Waals surface area contributed by atoms with Crippen molar-refractivity contribution >= 4 is 16.6 Å². The van der Waals surface area contributed by atoms with E-state index in [1.807, 2.05) is 18.2 Å². The van der Waals surface area contributed by atoms with Crippen LogP contribution in [0.25, 0.3) is 22.4 Å². The van der Waals surface area contributed by atoms with Crippen LogP contribution in [0, 0.1) is 5.82 Å². The summed E-state index contributed by atoms with van der Waals surface area (Å²) in [7, 11) is 0. The van der Waals surface area contributed by atoms with Gasteiger partial charge in [-0.15, -0.1) is 0 Å². The monoisotopic (exact) mass is 390 g/mol. The van der Waals surface area contributed by atoms with E-state index in [0.29, 0.717) is 23.8 Å². The van der Waals surface area contributed by atoms with Gasteiger partial charge in [-0.2, -0.15) is 4.98 Å². The van der Waals surface area contributed by atoms with E-state index in [-0.39, 0.29) is 5.82 Å². The van der Waals surface area contributed by atoms with E-state index in [1.54, 1.807) is 24.7 Å². The summed E-state index contributed by atoms with van der Waals surface area (Å²) in [5.74, 6) is 0.891. The molecule has 0 unspecified atom stereocenters. The van der Waals surface area contributed by atoms with E-state index >= 15 is 0 Å². The van der Waals surface area contributed by atoms with Crippen molar-refractivity contribution < 1.29 is 8.91 Å². The first-order valence-electron chi connectivity index (χ1n) is 9.51. The first-order valence-corrected chi connectivity index (χ1v) is 9.51. The van der Waals surface area contributed by atoms with Crippen LogP contribution >= 0.6 is 0 Å². The van der Waals surface area contributed by atoms with Gasteiger partial charge >= 0.3 is 0 Å². The highest BCUT2D eigenvalue weighted by Crippen LogP contribution is 2.27. The first kappa shape index (κ1) is 17.7. The largest absolute Gasteiger partial charge is 0.368 e. The highest BCUT2D eigenvalue weighted by atomic mass is 19.1. The maximum atomic E-state index is 13.5. The molecule has 0 amide bonds. The molecule has 0 N–H and O–H groups in total. The Bertz CT molecular complexity index is 1120. The third-order valence-corrected chi connectivity index (χ3v) is 5.14. The molecular formula is C21H19FN6O. The van der Waals surface area contributed by atoms with Crippen LogP contribution in [-0.4, -0.2) is 51.2 Å². The third kappa shape index (κ3) is 3.66. The topological polar surface area (TPSA) is 71.2 Å². The molecule has 0 atom stereocenters. The minimum Gasteiger partial charge on any atom is -0.368 e. The quantitative estimate of drug-likeness (QED) is 0.530. The van der Waals surface area contributed by atoms with Crippen LogP contribution < -0.4 is 4.90 Å². The lowest BCUT2D eigenvalue weighted by molar-refractivity contribution is 0.240. The molecule has 5 rings (SSSR count). The maximum absolute atomic E-state index is 13.5. The van der Waals surface area contributed by atoms with Crippen molar-refractivity contribution in [1.29, 1.82) is 0 Å². The number of fused-ring (bicyclic) bond motifs is 1. The van der Waals surface area contributed by atoms with Crippen LogP contribution in [0.4, 0.5) is 10.1 Å². The van der Waals surface area contributed by atoms with E-state index in [1.165, 1.54) is 12.1 Å². The SMILES string of the molecule is Fc1ccc2c(N3CCN(Cc4noc(-c5cccnc5)n4)CC3)ccnc2c1. The van der Waals surface area contributed by atoms with Gasteiger partial charge in [0, 0.05) is 61.9 Å². The highest BCUT2D eigenvalue weighted by Gasteiger charge is 2.21.